The summed E-state index contributed by atoms with van der Waals surface area (Å²) in [5.41, 5.74) is 1.50. The zero-order chi connectivity index (χ0) is 18.2. The van der Waals surface area contributed by atoms with E-state index in [0.29, 0.717) is 12.4 Å². The third kappa shape index (κ3) is 5.13. The molecule has 2 aromatic carbocycles. The molecule has 0 saturated carbocycles. The Morgan fingerprint density at radius 2 is 2.00 bits per heavy atom. The summed E-state index contributed by atoms with van der Waals surface area (Å²) in [6.45, 7) is 1.54. The van der Waals surface area contributed by atoms with Crippen LogP contribution in [0.1, 0.15) is 12.8 Å². The van der Waals surface area contributed by atoms with Gasteiger partial charge >= 0.3 is 0 Å². The fourth-order valence-corrected chi connectivity index (χ4v) is 2.77. The van der Waals surface area contributed by atoms with Crippen LogP contribution in [0.4, 0.5) is 11.4 Å². The van der Waals surface area contributed by atoms with Gasteiger partial charge in [0.2, 0.25) is 5.91 Å². The standard InChI is InChI=1S/C20H24N2O4/c1-24-19-7-3-2-6-18(19)21-13-20(23)22-15-8-10-16(11-9-15)26-14-17-5-4-12-25-17/h2-3,6-11,17,21H,4-5,12-14H2,1H3,(H,22,23). The van der Waals surface area contributed by atoms with Crippen LogP contribution in [0.25, 0.3) is 0 Å². The van der Waals surface area contributed by atoms with Crippen molar-refractivity contribution in [2.75, 3.05) is 37.5 Å². The van der Waals surface area contributed by atoms with Crippen LogP contribution < -0.4 is 20.1 Å². The number of carbonyl (C=O) groups excluding carboxylic acids is 1. The van der Waals surface area contributed by atoms with Gasteiger partial charge in [0.15, 0.2) is 0 Å². The molecular formula is C20H24N2O4. The van der Waals surface area contributed by atoms with Gasteiger partial charge in [-0.05, 0) is 49.2 Å². The smallest absolute Gasteiger partial charge is 0.243 e. The topological polar surface area (TPSA) is 68.8 Å². The molecule has 1 fully saturated rings. The number of benzene rings is 2. The van der Waals surface area contributed by atoms with Gasteiger partial charge in [0.25, 0.3) is 0 Å². The van der Waals surface area contributed by atoms with Crippen molar-refractivity contribution >= 4 is 17.3 Å². The summed E-state index contributed by atoms with van der Waals surface area (Å²) >= 11 is 0. The summed E-state index contributed by atoms with van der Waals surface area (Å²) < 4.78 is 16.5. The third-order valence-corrected chi connectivity index (χ3v) is 4.14. The molecule has 2 aromatic rings. The average Bonchev–Trinajstić information content (AvgIpc) is 3.20. The SMILES string of the molecule is COc1ccccc1NCC(=O)Nc1ccc(OCC2CCCO2)cc1. The summed E-state index contributed by atoms with van der Waals surface area (Å²) in [5, 5.41) is 5.92. The molecule has 0 spiro atoms. The van der Waals surface area contributed by atoms with Crippen LogP contribution >= 0.6 is 0 Å². The molecule has 1 saturated heterocycles. The van der Waals surface area contributed by atoms with Crippen molar-refractivity contribution in [1.29, 1.82) is 0 Å². The fraction of sp³-hybridized carbons (Fsp3) is 0.350. The largest absolute Gasteiger partial charge is 0.495 e. The van der Waals surface area contributed by atoms with E-state index in [-0.39, 0.29) is 18.6 Å². The Labute approximate surface area is 153 Å². The van der Waals surface area contributed by atoms with Crippen molar-refractivity contribution in [3.63, 3.8) is 0 Å². The lowest BCUT2D eigenvalue weighted by molar-refractivity contribution is -0.114. The average molecular weight is 356 g/mol. The van der Waals surface area contributed by atoms with E-state index in [1.165, 1.54) is 0 Å². The number of para-hydroxylation sites is 2. The molecule has 6 heteroatoms. The number of hydrogen-bond donors (Lipinski definition) is 2. The number of methoxy groups -OCH3 is 1. The van der Waals surface area contributed by atoms with Gasteiger partial charge in [-0.2, -0.15) is 0 Å². The molecule has 1 unspecified atom stereocenters. The first-order valence-corrected chi connectivity index (χ1v) is 8.76. The second-order valence-corrected chi connectivity index (χ2v) is 6.07. The quantitative estimate of drug-likeness (QED) is 0.759. The van der Waals surface area contributed by atoms with E-state index in [9.17, 15) is 4.79 Å². The fourth-order valence-electron chi connectivity index (χ4n) is 2.77. The minimum Gasteiger partial charge on any atom is -0.495 e. The van der Waals surface area contributed by atoms with Gasteiger partial charge in [0, 0.05) is 12.3 Å². The number of rotatable bonds is 8. The second kappa shape index (κ2) is 9.10. The number of nitrogens with one attached hydrogen (secondary N) is 2. The molecular weight excluding hydrogens is 332 g/mol. The van der Waals surface area contributed by atoms with E-state index in [4.69, 9.17) is 14.2 Å². The predicted octanol–water partition coefficient (Wildman–Crippen LogP) is 3.30. The highest BCUT2D eigenvalue weighted by atomic mass is 16.5. The number of carbonyl (C=O) groups is 1. The Kier molecular flexibility index (Phi) is 6.33. The van der Waals surface area contributed by atoms with E-state index >= 15 is 0 Å². The number of ether oxygens (including phenoxy) is 3. The molecule has 1 aliphatic heterocycles. The van der Waals surface area contributed by atoms with Crippen molar-refractivity contribution in [2.45, 2.75) is 18.9 Å². The maximum Gasteiger partial charge on any atom is 0.243 e. The Hall–Kier alpha value is -2.73. The molecule has 0 bridgehead atoms. The predicted molar refractivity (Wildman–Crippen MR) is 101 cm³/mol. The van der Waals surface area contributed by atoms with Crippen LogP contribution in [-0.4, -0.2) is 38.9 Å². The molecule has 1 atom stereocenters. The van der Waals surface area contributed by atoms with E-state index < -0.39 is 0 Å². The van der Waals surface area contributed by atoms with Crippen LogP contribution in [0.5, 0.6) is 11.5 Å². The summed E-state index contributed by atoms with van der Waals surface area (Å²) in [6.07, 6.45) is 2.34. The number of anilines is 2. The zero-order valence-corrected chi connectivity index (χ0v) is 14.9. The van der Waals surface area contributed by atoms with Gasteiger partial charge in [-0.1, -0.05) is 12.1 Å². The van der Waals surface area contributed by atoms with Crippen LogP contribution in [0.15, 0.2) is 48.5 Å². The maximum atomic E-state index is 12.1. The molecule has 0 aliphatic carbocycles. The van der Waals surface area contributed by atoms with Crippen molar-refractivity contribution in [2.24, 2.45) is 0 Å². The molecule has 0 aromatic heterocycles. The first kappa shape index (κ1) is 18.1. The second-order valence-electron chi connectivity index (χ2n) is 6.07. The normalized spacial score (nSPS) is 16.1. The van der Waals surface area contributed by atoms with Gasteiger partial charge in [-0.25, -0.2) is 0 Å². The first-order chi connectivity index (χ1) is 12.7. The third-order valence-electron chi connectivity index (χ3n) is 4.14. The molecule has 1 aliphatic rings. The summed E-state index contributed by atoms with van der Waals surface area (Å²) in [7, 11) is 1.60. The van der Waals surface area contributed by atoms with E-state index in [1.54, 1.807) is 7.11 Å². The number of amides is 1. The lowest BCUT2D eigenvalue weighted by atomic mass is 10.2. The summed E-state index contributed by atoms with van der Waals surface area (Å²) in [5.74, 6) is 1.34. The molecule has 0 radical (unpaired) electrons. The first-order valence-electron chi connectivity index (χ1n) is 8.76. The molecule has 6 nitrogen and oxygen atoms in total. The number of hydrogen-bond acceptors (Lipinski definition) is 5. The zero-order valence-electron chi connectivity index (χ0n) is 14.9. The minimum absolute atomic E-state index is 0.135. The minimum atomic E-state index is -0.135. The van der Waals surface area contributed by atoms with Crippen LogP contribution in [0.3, 0.4) is 0 Å². The lowest BCUT2D eigenvalue weighted by Crippen LogP contribution is -2.22. The molecule has 3 rings (SSSR count). The molecule has 1 heterocycles. The van der Waals surface area contributed by atoms with Crippen molar-refractivity contribution in [3.05, 3.63) is 48.5 Å². The Morgan fingerprint density at radius 1 is 1.19 bits per heavy atom. The molecule has 26 heavy (non-hydrogen) atoms. The van der Waals surface area contributed by atoms with Gasteiger partial charge in [-0.15, -0.1) is 0 Å². The van der Waals surface area contributed by atoms with E-state index in [0.717, 1.165) is 36.6 Å². The lowest BCUT2D eigenvalue weighted by Gasteiger charge is -2.13. The van der Waals surface area contributed by atoms with Crippen LogP contribution in [0, 0.1) is 0 Å². The van der Waals surface area contributed by atoms with Crippen molar-refractivity contribution in [3.8, 4) is 11.5 Å². The molecule has 2 N–H and O–H groups in total. The van der Waals surface area contributed by atoms with Gasteiger partial charge < -0.3 is 24.8 Å². The highest BCUT2D eigenvalue weighted by Gasteiger charge is 2.15. The van der Waals surface area contributed by atoms with Crippen LogP contribution in [-0.2, 0) is 9.53 Å². The Balaban J connectivity index is 1.45. The van der Waals surface area contributed by atoms with Crippen LogP contribution in [0.2, 0.25) is 0 Å². The van der Waals surface area contributed by atoms with Gasteiger partial charge in [0.05, 0.1) is 25.4 Å². The highest BCUT2D eigenvalue weighted by molar-refractivity contribution is 5.94. The van der Waals surface area contributed by atoms with Crippen molar-refractivity contribution in [1.82, 2.24) is 0 Å². The maximum absolute atomic E-state index is 12.1. The van der Waals surface area contributed by atoms with Gasteiger partial charge in [0.1, 0.15) is 18.1 Å². The van der Waals surface area contributed by atoms with Gasteiger partial charge in [-0.3, -0.25) is 4.79 Å². The highest BCUT2D eigenvalue weighted by Crippen LogP contribution is 2.23. The summed E-state index contributed by atoms with van der Waals surface area (Å²) in [6, 6.07) is 14.8. The Bertz CT molecular complexity index is 712. The molecule has 138 valence electrons. The summed E-state index contributed by atoms with van der Waals surface area (Å²) in [4.78, 5) is 12.1. The van der Waals surface area contributed by atoms with E-state index in [2.05, 4.69) is 10.6 Å². The Morgan fingerprint density at radius 3 is 2.73 bits per heavy atom. The molecule has 1 amide bonds. The monoisotopic (exact) mass is 356 g/mol. The van der Waals surface area contributed by atoms with E-state index in [1.807, 2.05) is 48.5 Å². The van der Waals surface area contributed by atoms with Crippen molar-refractivity contribution < 1.29 is 19.0 Å².